The van der Waals surface area contributed by atoms with Crippen molar-refractivity contribution in [3.8, 4) is 0 Å². The van der Waals surface area contributed by atoms with Gasteiger partial charge in [-0.05, 0) is 46.7 Å². The van der Waals surface area contributed by atoms with Crippen LogP contribution in [0.5, 0.6) is 0 Å². The average Bonchev–Trinajstić information content (AvgIpc) is 2.45. The molecule has 0 amide bonds. The Morgan fingerprint density at radius 3 is 2.30 bits per heavy atom. The van der Waals surface area contributed by atoms with Gasteiger partial charge in [0.05, 0.1) is 0 Å². The predicted molar refractivity (Wildman–Crippen MR) is 98.9 cm³/mol. The van der Waals surface area contributed by atoms with Gasteiger partial charge >= 0.3 is 0 Å². The number of nitrogens with zero attached hydrogens (tertiary/aromatic N) is 3. The second-order valence-corrected chi connectivity index (χ2v) is 5.54. The molecule has 20 heavy (non-hydrogen) atoms. The summed E-state index contributed by atoms with van der Waals surface area (Å²) in [6.07, 6.45) is 8.09. The molecule has 0 saturated heterocycles. The lowest BCUT2D eigenvalue weighted by Crippen LogP contribution is -2.37. The molecule has 0 aromatic carbocycles. The van der Waals surface area contributed by atoms with Gasteiger partial charge in [-0.3, -0.25) is 4.99 Å². The van der Waals surface area contributed by atoms with E-state index in [0.717, 1.165) is 38.6 Å². The third-order valence-corrected chi connectivity index (χ3v) is 4.23. The van der Waals surface area contributed by atoms with Gasteiger partial charge in [-0.2, -0.15) is 0 Å². The molecule has 0 heterocycles. The van der Waals surface area contributed by atoms with Crippen LogP contribution in [0, 0.1) is 0 Å². The first kappa shape index (κ1) is 20.0. The molecule has 1 aliphatic rings. The number of aliphatic imine (C=N–C) groups is 1. The van der Waals surface area contributed by atoms with E-state index < -0.39 is 0 Å². The van der Waals surface area contributed by atoms with Crippen LogP contribution in [-0.2, 0) is 0 Å². The van der Waals surface area contributed by atoms with Gasteiger partial charge in [0.15, 0.2) is 5.96 Å². The van der Waals surface area contributed by atoms with Crippen LogP contribution in [0.3, 0.4) is 0 Å². The number of nitrogens with two attached hydrogens (primary N) is 1. The van der Waals surface area contributed by atoms with E-state index >= 15 is 0 Å². The number of hydrogen-bond acceptors (Lipinski definition) is 2. The van der Waals surface area contributed by atoms with Gasteiger partial charge in [-0.1, -0.05) is 19.3 Å². The zero-order valence-corrected chi connectivity index (χ0v) is 15.8. The van der Waals surface area contributed by atoms with Crippen molar-refractivity contribution in [1.29, 1.82) is 0 Å². The summed E-state index contributed by atoms with van der Waals surface area (Å²) in [5.74, 6) is 0.699. The minimum absolute atomic E-state index is 0. The van der Waals surface area contributed by atoms with E-state index in [1.165, 1.54) is 32.1 Å². The Kier molecular flexibility index (Phi) is 11.6. The summed E-state index contributed by atoms with van der Waals surface area (Å²) in [5.41, 5.74) is 5.96. The van der Waals surface area contributed by atoms with Crippen molar-refractivity contribution in [2.24, 2.45) is 10.7 Å². The van der Waals surface area contributed by atoms with Crippen LogP contribution in [0.15, 0.2) is 4.99 Å². The molecule has 0 aromatic rings. The molecule has 0 bridgehead atoms. The van der Waals surface area contributed by atoms with Crippen molar-refractivity contribution in [3.05, 3.63) is 0 Å². The molecule has 0 atom stereocenters. The Labute approximate surface area is 142 Å². The molecule has 0 spiro atoms. The van der Waals surface area contributed by atoms with Crippen LogP contribution in [0.25, 0.3) is 0 Å². The molecule has 0 aromatic heterocycles. The summed E-state index contributed by atoms with van der Waals surface area (Å²) in [6, 6.07) is 0.804. The van der Waals surface area contributed by atoms with Crippen LogP contribution in [0.2, 0.25) is 0 Å². The van der Waals surface area contributed by atoms with Crippen molar-refractivity contribution in [3.63, 3.8) is 0 Å². The zero-order chi connectivity index (χ0) is 14.1. The summed E-state index contributed by atoms with van der Waals surface area (Å²) in [6.45, 7) is 8.09. The van der Waals surface area contributed by atoms with Crippen LogP contribution >= 0.6 is 24.0 Å². The summed E-state index contributed by atoms with van der Waals surface area (Å²) < 4.78 is 0. The first-order valence-electron chi connectivity index (χ1n) is 7.94. The highest BCUT2D eigenvalue weighted by Crippen LogP contribution is 2.21. The van der Waals surface area contributed by atoms with E-state index in [2.05, 4.69) is 35.7 Å². The van der Waals surface area contributed by atoms with E-state index in [1.54, 1.807) is 0 Å². The van der Waals surface area contributed by atoms with Crippen molar-refractivity contribution in [1.82, 2.24) is 9.80 Å². The van der Waals surface area contributed by atoms with E-state index in [4.69, 9.17) is 5.73 Å². The van der Waals surface area contributed by atoms with E-state index in [0.29, 0.717) is 5.96 Å². The van der Waals surface area contributed by atoms with E-state index in [9.17, 15) is 0 Å². The maximum Gasteiger partial charge on any atom is 0.191 e. The second-order valence-electron chi connectivity index (χ2n) is 5.54. The highest BCUT2D eigenvalue weighted by molar-refractivity contribution is 14.0. The third kappa shape index (κ3) is 7.11. The summed E-state index contributed by atoms with van der Waals surface area (Å²) >= 11 is 0. The van der Waals surface area contributed by atoms with Crippen molar-refractivity contribution in [2.75, 3.05) is 33.2 Å². The van der Waals surface area contributed by atoms with Gasteiger partial charge in [-0.25, -0.2) is 0 Å². The largest absolute Gasteiger partial charge is 0.370 e. The Bertz CT molecular complexity index is 261. The summed E-state index contributed by atoms with van der Waals surface area (Å²) in [5, 5.41) is 0. The van der Waals surface area contributed by atoms with Crippen LogP contribution < -0.4 is 5.73 Å². The average molecular weight is 396 g/mol. The normalized spacial score (nSPS) is 17.1. The zero-order valence-electron chi connectivity index (χ0n) is 13.5. The number of hydrogen-bond donors (Lipinski definition) is 1. The molecular formula is C15H33IN4. The number of rotatable bonds is 7. The highest BCUT2D eigenvalue weighted by Gasteiger charge is 2.17. The van der Waals surface area contributed by atoms with Gasteiger partial charge in [0.1, 0.15) is 0 Å². The van der Waals surface area contributed by atoms with Crippen molar-refractivity contribution in [2.45, 2.75) is 58.4 Å². The first-order valence-corrected chi connectivity index (χ1v) is 7.94. The molecule has 1 rings (SSSR count). The molecule has 2 N–H and O–H groups in total. The predicted octanol–water partition coefficient (Wildman–Crippen LogP) is 2.92. The number of halogens is 1. The Morgan fingerprint density at radius 1 is 1.15 bits per heavy atom. The number of guanidine groups is 1. The second kappa shape index (κ2) is 11.6. The lowest BCUT2D eigenvalue weighted by atomic mass is 9.94. The lowest BCUT2D eigenvalue weighted by molar-refractivity contribution is 0.191. The molecule has 1 fully saturated rings. The molecule has 4 nitrogen and oxygen atoms in total. The molecular weight excluding hydrogens is 363 g/mol. The standard InChI is InChI=1S/C15H32N4.HI/c1-4-19(5-2)15(16)17-12-9-13-18(3)14-10-7-6-8-11-14;/h14H,4-13H2,1-3H3,(H2,16,17);1H. The van der Waals surface area contributed by atoms with E-state index in [-0.39, 0.29) is 24.0 Å². The quantitative estimate of drug-likeness (QED) is 0.312. The van der Waals surface area contributed by atoms with Crippen LogP contribution in [0.4, 0.5) is 0 Å². The van der Waals surface area contributed by atoms with Gasteiger partial charge in [0.25, 0.3) is 0 Å². The summed E-state index contributed by atoms with van der Waals surface area (Å²) in [4.78, 5) is 9.10. The fourth-order valence-electron chi connectivity index (χ4n) is 2.87. The Balaban J connectivity index is 0.00000361. The topological polar surface area (TPSA) is 44.9 Å². The van der Waals surface area contributed by atoms with Gasteiger partial charge in [0.2, 0.25) is 0 Å². The van der Waals surface area contributed by atoms with Gasteiger partial charge < -0.3 is 15.5 Å². The maximum atomic E-state index is 5.96. The Hall–Kier alpha value is -0.0400. The molecule has 5 heteroatoms. The highest BCUT2D eigenvalue weighted by atomic mass is 127. The fourth-order valence-corrected chi connectivity index (χ4v) is 2.87. The monoisotopic (exact) mass is 396 g/mol. The Morgan fingerprint density at radius 2 is 1.75 bits per heavy atom. The van der Waals surface area contributed by atoms with Gasteiger partial charge in [0, 0.05) is 25.7 Å². The smallest absolute Gasteiger partial charge is 0.191 e. The fraction of sp³-hybridized carbons (Fsp3) is 0.933. The molecule has 1 saturated carbocycles. The van der Waals surface area contributed by atoms with Crippen LogP contribution in [-0.4, -0.2) is 55.0 Å². The summed E-state index contributed by atoms with van der Waals surface area (Å²) in [7, 11) is 2.26. The molecule has 0 radical (unpaired) electrons. The van der Waals surface area contributed by atoms with Crippen molar-refractivity contribution >= 4 is 29.9 Å². The van der Waals surface area contributed by atoms with Crippen LogP contribution in [0.1, 0.15) is 52.4 Å². The molecule has 120 valence electrons. The first-order chi connectivity index (χ1) is 9.19. The van der Waals surface area contributed by atoms with E-state index in [1.807, 2.05) is 0 Å². The third-order valence-electron chi connectivity index (χ3n) is 4.23. The van der Waals surface area contributed by atoms with Crippen molar-refractivity contribution < 1.29 is 0 Å². The minimum Gasteiger partial charge on any atom is -0.370 e. The molecule has 0 unspecified atom stereocenters. The maximum absolute atomic E-state index is 5.96. The van der Waals surface area contributed by atoms with Gasteiger partial charge in [-0.15, -0.1) is 24.0 Å². The molecule has 0 aliphatic heterocycles. The lowest BCUT2D eigenvalue weighted by Gasteiger charge is -2.31. The molecule has 1 aliphatic carbocycles. The SMILES string of the molecule is CCN(CC)C(N)=NCCCN(C)C1CCCCC1.I. The minimum atomic E-state index is 0.